The smallest absolute Gasteiger partial charge is 0.283 e. The predicted molar refractivity (Wildman–Crippen MR) is 105 cm³/mol. The van der Waals surface area contributed by atoms with Gasteiger partial charge in [0.1, 0.15) is 10.8 Å². The first kappa shape index (κ1) is 19.0. The molecule has 0 saturated carbocycles. The first-order valence-electron chi connectivity index (χ1n) is 8.81. The van der Waals surface area contributed by atoms with Crippen LogP contribution in [0.15, 0.2) is 34.4 Å². The monoisotopic (exact) mass is 415 g/mol. The maximum Gasteiger partial charge on any atom is 0.283 e. The van der Waals surface area contributed by atoms with Crippen LogP contribution in [-0.4, -0.2) is 62.6 Å². The molecule has 0 atom stereocenters. The van der Waals surface area contributed by atoms with Crippen molar-refractivity contribution in [2.24, 2.45) is 0 Å². The van der Waals surface area contributed by atoms with Gasteiger partial charge in [-0.05, 0) is 23.8 Å². The van der Waals surface area contributed by atoms with Gasteiger partial charge in [0.2, 0.25) is 16.7 Å². The zero-order chi connectivity index (χ0) is 20.5. The van der Waals surface area contributed by atoms with Crippen LogP contribution in [0.1, 0.15) is 10.6 Å². The van der Waals surface area contributed by atoms with Gasteiger partial charge in [0.05, 0.1) is 25.2 Å². The Morgan fingerprint density at radius 3 is 2.79 bits per heavy atom. The summed E-state index contributed by atoms with van der Waals surface area (Å²) in [5.41, 5.74) is 6.06. The molecule has 2 aromatic rings. The quantitative estimate of drug-likeness (QED) is 0.719. The van der Waals surface area contributed by atoms with Crippen LogP contribution >= 0.6 is 11.3 Å². The minimum Gasteiger partial charge on any atom is -0.504 e. The van der Waals surface area contributed by atoms with Gasteiger partial charge in [-0.15, -0.1) is 0 Å². The van der Waals surface area contributed by atoms with Gasteiger partial charge in [0.15, 0.2) is 5.76 Å². The minimum absolute atomic E-state index is 0.0620. The second-order valence-corrected chi connectivity index (χ2v) is 7.49. The van der Waals surface area contributed by atoms with Crippen LogP contribution in [0.3, 0.4) is 0 Å². The number of aliphatic hydroxyl groups excluding tert-OH is 1. The molecule has 3 heterocycles. The number of hydrogen-bond donors (Lipinski definition) is 2. The Kier molecular flexibility index (Phi) is 4.99. The van der Waals surface area contributed by atoms with E-state index < -0.39 is 17.1 Å². The molecule has 0 unspecified atom stereocenters. The van der Waals surface area contributed by atoms with E-state index in [1.807, 2.05) is 0 Å². The average Bonchev–Trinajstić information content (AvgIpc) is 3.11. The molecule has 150 valence electrons. The third kappa shape index (κ3) is 3.82. The van der Waals surface area contributed by atoms with Crippen LogP contribution in [0.5, 0.6) is 0 Å². The lowest BCUT2D eigenvalue weighted by molar-refractivity contribution is -0.134. The van der Waals surface area contributed by atoms with Crippen molar-refractivity contribution in [3.8, 4) is 0 Å². The van der Waals surface area contributed by atoms with E-state index in [-0.39, 0.29) is 28.7 Å². The third-order valence-electron chi connectivity index (χ3n) is 4.49. The number of carbonyl (C=O) groups is 2. The zero-order valence-corrected chi connectivity index (χ0v) is 16.0. The number of aromatic nitrogens is 3. The van der Waals surface area contributed by atoms with Gasteiger partial charge in [0, 0.05) is 13.1 Å². The highest BCUT2D eigenvalue weighted by Crippen LogP contribution is 2.21. The van der Waals surface area contributed by atoms with E-state index in [1.165, 1.54) is 28.8 Å². The summed E-state index contributed by atoms with van der Waals surface area (Å²) in [6, 6.07) is 0. The van der Waals surface area contributed by atoms with E-state index in [2.05, 4.69) is 10.1 Å². The van der Waals surface area contributed by atoms with Gasteiger partial charge in [0.25, 0.3) is 5.56 Å². The number of allylic oxidation sites excluding steroid dienone is 4. The number of morpholine rings is 1. The number of fused-ring (bicyclic) bond motifs is 1. The molecular formula is C18H17N5O5S. The maximum absolute atomic E-state index is 12.4. The fourth-order valence-electron chi connectivity index (χ4n) is 2.97. The summed E-state index contributed by atoms with van der Waals surface area (Å²) in [6.45, 7) is 2.10. The summed E-state index contributed by atoms with van der Waals surface area (Å²) in [5.74, 6) is -0.959. The molecule has 0 bridgehead atoms. The van der Waals surface area contributed by atoms with Gasteiger partial charge in [-0.2, -0.15) is 14.6 Å². The molecular weight excluding hydrogens is 398 g/mol. The fraction of sp³-hybridized carbons (Fsp3) is 0.278. The molecule has 1 aliphatic carbocycles. The maximum atomic E-state index is 12.4. The van der Waals surface area contributed by atoms with E-state index in [1.54, 1.807) is 4.90 Å². The van der Waals surface area contributed by atoms with Crippen molar-refractivity contribution in [1.82, 2.24) is 19.5 Å². The number of aliphatic hydroxyl groups is 1. The highest BCUT2D eigenvalue weighted by Gasteiger charge is 2.20. The van der Waals surface area contributed by atoms with Crippen molar-refractivity contribution in [3.63, 3.8) is 0 Å². The minimum atomic E-state index is -0.567. The van der Waals surface area contributed by atoms with Gasteiger partial charge < -0.3 is 20.5 Å². The number of rotatable bonds is 3. The van der Waals surface area contributed by atoms with Crippen molar-refractivity contribution in [2.45, 2.75) is 6.42 Å². The first-order valence-corrected chi connectivity index (χ1v) is 9.62. The number of nitrogens with two attached hydrogens (primary N) is 1. The van der Waals surface area contributed by atoms with Gasteiger partial charge >= 0.3 is 0 Å². The van der Waals surface area contributed by atoms with Crippen LogP contribution in [0.2, 0.25) is 0 Å². The average molecular weight is 415 g/mol. The van der Waals surface area contributed by atoms with Crippen LogP contribution in [0.4, 0.5) is 5.82 Å². The molecule has 29 heavy (non-hydrogen) atoms. The highest BCUT2D eigenvalue weighted by atomic mass is 32.1. The second kappa shape index (κ2) is 7.60. The fourth-order valence-corrected chi connectivity index (χ4v) is 3.86. The standard InChI is InChI=1S/C18H17N5O5S/c19-16-11(7-10-1-2-12(24)13(25)8-10)17(27)20-18-23(16)21-14(29-18)9-15(26)22-3-5-28-6-4-22/h1-2,7-8,25H,3-6,9,19H2. The molecule has 1 fully saturated rings. The lowest BCUT2D eigenvalue weighted by atomic mass is 10.1. The number of carbonyl (C=O) groups excluding carboxylic acids is 2. The van der Waals surface area contributed by atoms with Crippen molar-refractivity contribution >= 4 is 39.9 Å². The number of nitrogen functional groups attached to an aromatic ring is 1. The largest absolute Gasteiger partial charge is 0.504 e. The summed E-state index contributed by atoms with van der Waals surface area (Å²) in [4.78, 5) is 42.2. The molecule has 0 aromatic carbocycles. The van der Waals surface area contributed by atoms with Crippen molar-refractivity contribution < 1.29 is 19.4 Å². The van der Waals surface area contributed by atoms with E-state index in [0.717, 1.165) is 11.3 Å². The summed E-state index contributed by atoms with van der Waals surface area (Å²) >= 11 is 1.12. The summed E-state index contributed by atoms with van der Waals surface area (Å²) in [7, 11) is 0. The summed E-state index contributed by atoms with van der Waals surface area (Å²) in [5, 5.41) is 14.4. The Bertz CT molecular complexity index is 1150. The predicted octanol–water partition coefficient (Wildman–Crippen LogP) is 0.0987. The Morgan fingerprint density at radius 2 is 2.07 bits per heavy atom. The summed E-state index contributed by atoms with van der Waals surface area (Å²) < 4.78 is 6.57. The molecule has 2 aliphatic rings. The van der Waals surface area contributed by atoms with Crippen LogP contribution < -0.4 is 11.3 Å². The number of nitrogens with zero attached hydrogens (tertiary/aromatic N) is 4. The number of anilines is 1. The summed E-state index contributed by atoms with van der Waals surface area (Å²) in [6.07, 6.45) is 5.40. The molecule has 2 aromatic heterocycles. The molecule has 11 heteroatoms. The van der Waals surface area contributed by atoms with E-state index in [4.69, 9.17) is 10.5 Å². The first-order chi connectivity index (χ1) is 13.9. The van der Waals surface area contributed by atoms with Gasteiger partial charge in [-0.25, -0.2) is 0 Å². The van der Waals surface area contributed by atoms with Crippen LogP contribution in [0, 0.1) is 0 Å². The number of ether oxygens (including phenoxy) is 1. The molecule has 1 aliphatic heterocycles. The SMILES string of the molecule is Nc1c(C=C2C=CC(=O)C(O)=C2)c(=O)nc2sc(CC(=O)N3CCOCC3)nn12. The van der Waals surface area contributed by atoms with Crippen molar-refractivity contribution in [1.29, 1.82) is 0 Å². The Morgan fingerprint density at radius 1 is 1.31 bits per heavy atom. The Balaban J connectivity index is 1.65. The zero-order valence-electron chi connectivity index (χ0n) is 15.2. The normalized spacial score (nSPS) is 18.5. The molecule has 1 amide bonds. The van der Waals surface area contributed by atoms with E-state index in [9.17, 15) is 19.5 Å². The van der Waals surface area contributed by atoms with E-state index in [0.29, 0.717) is 36.9 Å². The molecule has 1 saturated heterocycles. The number of ketones is 1. The van der Waals surface area contributed by atoms with Crippen LogP contribution in [-0.2, 0) is 20.7 Å². The molecule has 3 N–H and O–H groups in total. The molecule has 4 rings (SSSR count). The van der Waals surface area contributed by atoms with Crippen LogP contribution in [0.25, 0.3) is 11.0 Å². The lowest BCUT2D eigenvalue weighted by Crippen LogP contribution is -2.41. The third-order valence-corrected chi connectivity index (χ3v) is 5.40. The number of hydrogen-bond acceptors (Lipinski definition) is 9. The van der Waals surface area contributed by atoms with Gasteiger partial charge in [-0.3, -0.25) is 14.4 Å². The Hall–Kier alpha value is -3.31. The van der Waals surface area contributed by atoms with E-state index >= 15 is 0 Å². The number of amides is 1. The molecule has 0 radical (unpaired) electrons. The van der Waals surface area contributed by atoms with Crippen molar-refractivity contribution in [2.75, 3.05) is 32.0 Å². The van der Waals surface area contributed by atoms with Gasteiger partial charge in [-0.1, -0.05) is 17.4 Å². The highest BCUT2D eigenvalue weighted by molar-refractivity contribution is 7.16. The lowest BCUT2D eigenvalue weighted by Gasteiger charge is -2.26. The second-order valence-electron chi connectivity index (χ2n) is 6.45. The Labute approximate surface area is 168 Å². The molecule has 0 spiro atoms. The topological polar surface area (TPSA) is 140 Å². The molecule has 10 nitrogen and oxygen atoms in total. The van der Waals surface area contributed by atoms with Crippen molar-refractivity contribution in [3.05, 3.63) is 50.5 Å².